The van der Waals surface area contributed by atoms with E-state index >= 15 is 0 Å². The summed E-state index contributed by atoms with van der Waals surface area (Å²) in [5.41, 5.74) is 0.633. The molecule has 0 radical (unpaired) electrons. The molecular weight excluding hydrogens is 360 g/mol. The predicted octanol–water partition coefficient (Wildman–Crippen LogP) is 4.07. The molecule has 0 aromatic heterocycles. The molecule has 0 saturated carbocycles. The number of carbonyl (C=O) groups excluding carboxylic acids is 2. The minimum Gasteiger partial charge on any atom is -0.497 e. The molecule has 2 aromatic carbocycles. The molecule has 6 nitrogen and oxygen atoms in total. The van der Waals surface area contributed by atoms with Gasteiger partial charge in [0, 0.05) is 11.1 Å². The van der Waals surface area contributed by atoms with E-state index in [1.165, 1.54) is 0 Å². The monoisotopic (exact) mass is 384 g/mol. The summed E-state index contributed by atoms with van der Waals surface area (Å²) >= 11 is 0. The maximum absolute atomic E-state index is 12.4. The SMILES string of the molecule is COc1ccc2c(c1)[C@@H](C=O)[C@@H](c1cc(OC)ccc1OC(=O)C(C)(C)C)O2. The average Bonchev–Trinajstić information content (AvgIpc) is 3.04. The molecule has 0 fully saturated rings. The van der Waals surface area contributed by atoms with Gasteiger partial charge in [-0.05, 0) is 57.2 Å². The summed E-state index contributed by atoms with van der Waals surface area (Å²) < 4.78 is 22.3. The van der Waals surface area contributed by atoms with E-state index in [2.05, 4.69) is 0 Å². The number of fused-ring (bicyclic) bond motifs is 1. The van der Waals surface area contributed by atoms with Crippen molar-refractivity contribution in [2.75, 3.05) is 14.2 Å². The van der Waals surface area contributed by atoms with Gasteiger partial charge in [-0.2, -0.15) is 0 Å². The first-order chi connectivity index (χ1) is 13.3. The van der Waals surface area contributed by atoms with Crippen molar-refractivity contribution in [1.82, 2.24) is 0 Å². The first-order valence-electron chi connectivity index (χ1n) is 8.98. The third-order valence-corrected chi connectivity index (χ3v) is 4.64. The van der Waals surface area contributed by atoms with E-state index in [-0.39, 0.29) is 5.97 Å². The highest BCUT2D eigenvalue weighted by Gasteiger charge is 2.38. The van der Waals surface area contributed by atoms with Crippen LogP contribution in [0, 0.1) is 5.41 Å². The Morgan fingerprint density at radius 2 is 1.61 bits per heavy atom. The second kappa shape index (κ2) is 7.54. The van der Waals surface area contributed by atoms with Crippen LogP contribution in [0.2, 0.25) is 0 Å². The molecule has 2 atom stereocenters. The lowest BCUT2D eigenvalue weighted by Gasteiger charge is -2.22. The third kappa shape index (κ3) is 3.67. The smallest absolute Gasteiger partial charge is 0.316 e. The number of esters is 1. The summed E-state index contributed by atoms with van der Waals surface area (Å²) in [4.78, 5) is 24.4. The van der Waals surface area contributed by atoms with Crippen molar-refractivity contribution in [2.24, 2.45) is 5.41 Å². The molecule has 3 rings (SSSR count). The van der Waals surface area contributed by atoms with Crippen molar-refractivity contribution in [3.8, 4) is 23.0 Å². The molecule has 2 aromatic rings. The molecule has 0 N–H and O–H groups in total. The quantitative estimate of drug-likeness (QED) is 0.440. The third-order valence-electron chi connectivity index (χ3n) is 4.64. The molecular formula is C22H24O6. The standard InChI is InChI=1S/C22H24O6/c1-22(2,3)21(24)28-19-9-7-14(26-5)11-16(19)20-17(12-23)15-10-13(25-4)6-8-18(15)27-20/h6-12,17,20H,1-5H3/t17-,20-/m1/s1. The van der Waals surface area contributed by atoms with E-state index in [1.807, 2.05) is 0 Å². The van der Waals surface area contributed by atoms with Gasteiger partial charge < -0.3 is 23.7 Å². The molecule has 0 amide bonds. The molecule has 0 saturated heterocycles. The van der Waals surface area contributed by atoms with Gasteiger partial charge in [0.25, 0.3) is 0 Å². The van der Waals surface area contributed by atoms with Gasteiger partial charge in [0.05, 0.1) is 25.6 Å². The normalized spacial score (nSPS) is 18.0. The lowest BCUT2D eigenvalue weighted by Crippen LogP contribution is -2.26. The van der Waals surface area contributed by atoms with Crippen molar-refractivity contribution in [3.63, 3.8) is 0 Å². The summed E-state index contributed by atoms with van der Waals surface area (Å²) in [5.74, 6) is 1.21. The fraction of sp³-hybridized carbons (Fsp3) is 0.364. The Labute approximate surface area is 164 Å². The molecule has 0 spiro atoms. The lowest BCUT2D eigenvalue weighted by molar-refractivity contribution is -0.143. The zero-order chi connectivity index (χ0) is 20.5. The van der Waals surface area contributed by atoms with Gasteiger partial charge in [0.2, 0.25) is 0 Å². The number of methoxy groups -OCH3 is 2. The van der Waals surface area contributed by atoms with E-state index in [4.69, 9.17) is 18.9 Å². The minimum absolute atomic E-state index is 0.345. The van der Waals surface area contributed by atoms with Crippen molar-refractivity contribution in [1.29, 1.82) is 0 Å². The van der Waals surface area contributed by atoms with Crippen LogP contribution in [0.25, 0.3) is 0 Å². The van der Waals surface area contributed by atoms with Gasteiger partial charge in [0.15, 0.2) is 0 Å². The number of aldehydes is 1. The first-order valence-corrected chi connectivity index (χ1v) is 8.98. The van der Waals surface area contributed by atoms with Crippen LogP contribution in [0.15, 0.2) is 36.4 Å². The number of carbonyl (C=O) groups is 2. The number of hydrogen-bond donors (Lipinski definition) is 0. The van der Waals surface area contributed by atoms with Gasteiger partial charge in [-0.15, -0.1) is 0 Å². The van der Waals surface area contributed by atoms with Crippen LogP contribution >= 0.6 is 0 Å². The Morgan fingerprint density at radius 1 is 1.00 bits per heavy atom. The van der Waals surface area contributed by atoms with Crippen LogP contribution in [0.1, 0.15) is 43.9 Å². The fourth-order valence-electron chi connectivity index (χ4n) is 3.02. The Kier molecular flexibility index (Phi) is 5.31. The number of benzene rings is 2. The van der Waals surface area contributed by atoms with E-state index in [0.29, 0.717) is 28.6 Å². The molecule has 1 aliphatic heterocycles. The topological polar surface area (TPSA) is 71.1 Å². The van der Waals surface area contributed by atoms with Gasteiger partial charge >= 0.3 is 5.97 Å². The summed E-state index contributed by atoms with van der Waals surface area (Å²) in [6.45, 7) is 5.34. The Bertz CT molecular complexity index is 896. The van der Waals surface area contributed by atoms with E-state index < -0.39 is 17.4 Å². The zero-order valence-electron chi connectivity index (χ0n) is 16.6. The van der Waals surface area contributed by atoms with E-state index in [9.17, 15) is 9.59 Å². The molecule has 0 aliphatic carbocycles. The summed E-state index contributed by atoms with van der Waals surface area (Å²) in [7, 11) is 3.11. The van der Waals surface area contributed by atoms with Crippen molar-refractivity contribution in [2.45, 2.75) is 32.8 Å². The molecule has 1 aliphatic rings. The fourth-order valence-corrected chi connectivity index (χ4v) is 3.02. The number of ether oxygens (including phenoxy) is 4. The molecule has 28 heavy (non-hydrogen) atoms. The number of hydrogen-bond acceptors (Lipinski definition) is 6. The van der Waals surface area contributed by atoms with Crippen LogP contribution in [0.5, 0.6) is 23.0 Å². The van der Waals surface area contributed by atoms with Crippen LogP contribution in [-0.2, 0) is 9.59 Å². The van der Waals surface area contributed by atoms with Gasteiger partial charge in [-0.3, -0.25) is 4.79 Å². The van der Waals surface area contributed by atoms with E-state index in [1.54, 1.807) is 71.4 Å². The molecule has 6 heteroatoms. The van der Waals surface area contributed by atoms with Gasteiger partial charge in [0.1, 0.15) is 35.4 Å². The Balaban J connectivity index is 2.04. The largest absolute Gasteiger partial charge is 0.497 e. The lowest BCUT2D eigenvalue weighted by atomic mass is 9.91. The molecule has 1 heterocycles. The van der Waals surface area contributed by atoms with Crippen LogP contribution < -0.4 is 18.9 Å². The summed E-state index contributed by atoms with van der Waals surface area (Å²) in [6, 6.07) is 10.4. The van der Waals surface area contributed by atoms with Crippen LogP contribution in [0.4, 0.5) is 0 Å². The van der Waals surface area contributed by atoms with Crippen molar-refractivity contribution < 1.29 is 28.5 Å². The van der Waals surface area contributed by atoms with Gasteiger partial charge in [-0.1, -0.05) is 0 Å². The maximum Gasteiger partial charge on any atom is 0.316 e. The van der Waals surface area contributed by atoms with Crippen molar-refractivity contribution in [3.05, 3.63) is 47.5 Å². The van der Waals surface area contributed by atoms with Gasteiger partial charge in [-0.25, -0.2) is 0 Å². The predicted molar refractivity (Wildman–Crippen MR) is 103 cm³/mol. The Hall–Kier alpha value is -3.02. The Morgan fingerprint density at radius 3 is 2.18 bits per heavy atom. The molecule has 148 valence electrons. The average molecular weight is 384 g/mol. The summed E-state index contributed by atoms with van der Waals surface area (Å²) in [6.07, 6.45) is 0.197. The highest BCUT2D eigenvalue weighted by Crippen LogP contribution is 2.49. The molecule has 0 unspecified atom stereocenters. The second-order valence-corrected chi connectivity index (χ2v) is 7.65. The highest BCUT2D eigenvalue weighted by molar-refractivity contribution is 5.78. The summed E-state index contributed by atoms with van der Waals surface area (Å²) in [5, 5.41) is 0. The van der Waals surface area contributed by atoms with Crippen molar-refractivity contribution >= 4 is 12.3 Å². The second-order valence-electron chi connectivity index (χ2n) is 7.65. The zero-order valence-corrected chi connectivity index (χ0v) is 16.6. The van der Waals surface area contributed by atoms with Crippen LogP contribution in [-0.4, -0.2) is 26.5 Å². The highest BCUT2D eigenvalue weighted by atomic mass is 16.5. The van der Waals surface area contributed by atoms with E-state index in [0.717, 1.165) is 11.8 Å². The first kappa shape index (κ1) is 19.7. The minimum atomic E-state index is -0.672. The number of rotatable bonds is 5. The van der Waals surface area contributed by atoms with Crippen LogP contribution in [0.3, 0.4) is 0 Å². The molecule has 0 bridgehead atoms. The maximum atomic E-state index is 12.4.